The van der Waals surface area contributed by atoms with E-state index in [2.05, 4.69) is 51.6 Å². The highest BCUT2D eigenvalue weighted by Crippen LogP contribution is 2.22. The van der Waals surface area contributed by atoms with Gasteiger partial charge in [0, 0.05) is 51.0 Å². The average molecular weight is 316 g/mol. The third-order valence-corrected chi connectivity index (χ3v) is 4.98. The number of rotatable bonds is 5. The fourth-order valence-corrected chi connectivity index (χ4v) is 3.49. The Bertz CT molecular complexity index is 507. The molecule has 0 saturated carbocycles. The molecule has 0 spiro atoms. The average Bonchev–Trinajstić information content (AvgIpc) is 3.05. The van der Waals surface area contributed by atoms with E-state index in [0.29, 0.717) is 18.5 Å². The Hall–Kier alpha value is -1.59. The molecule has 5 nitrogen and oxygen atoms in total. The summed E-state index contributed by atoms with van der Waals surface area (Å²) in [6.07, 6.45) is 1.15. The maximum absolute atomic E-state index is 12.2. The number of anilines is 1. The van der Waals surface area contributed by atoms with Gasteiger partial charge >= 0.3 is 0 Å². The van der Waals surface area contributed by atoms with Gasteiger partial charge in [0.15, 0.2) is 0 Å². The summed E-state index contributed by atoms with van der Waals surface area (Å²) in [5.41, 5.74) is 1.29. The summed E-state index contributed by atoms with van der Waals surface area (Å²) >= 11 is 0. The van der Waals surface area contributed by atoms with Crippen LogP contribution in [0.2, 0.25) is 0 Å². The molecule has 0 aromatic heterocycles. The van der Waals surface area contributed by atoms with Crippen molar-refractivity contribution in [2.75, 3.05) is 50.7 Å². The molecular formula is C18H28N4O. The lowest BCUT2D eigenvalue weighted by molar-refractivity contribution is -0.123. The molecule has 5 heteroatoms. The van der Waals surface area contributed by atoms with Crippen LogP contribution >= 0.6 is 0 Å². The lowest BCUT2D eigenvalue weighted by Crippen LogP contribution is -2.53. The molecule has 1 unspecified atom stereocenters. The number of hydrogen-bond donors (Lipinski definition) is 2. The Morgan fingerprint density at radius 2 is 2.13 bits per heavy atom. The van der Waals surface area contributed by atoms with Crippen LogP contribution in [0, 0.1) is 5.92 Å². The Balaban J connectivity index is 1.40. The number of hydrogen-bond acceptors (Lipinski definition) is 4. The summed E-state index contributed by atoms with van der Waals surface area (Å²) in [5.74, 6) is 0.719. The molecule has 2 aliphatic heterocycles. The van der Waals surface area contributed by atoms with E-state index in [0.717, 1.165) is 45.7 Å². The van der Waals surface area contributed by atoms with Crippen molar-refractivity contribution in [1.29, 1.82) is 0 Å². The highest BCUT2D eigenvalue weighted by molar-refractivity contribution is 5.78. The summed E-state index contributed by atoms with van der Waals surface area (Å²) in [6, 6.07) is 11.0. The molecule has 2 heterocycles. The van der Waals surface area contributed by atoms with Crippen molar-refractivity contribution >= 4 is 11.6 Å². The molecule has 23 heavy (non-hydrogen) atoms. The number of para-hydroxylation sites is 1. The van der Waals surface area contributed by atoms with Crippen LogP contribution in [0.1, 0.15) is 13.3 Å². The summed E-state index contributed by atoms with van der Waals surface area (Å²) in [4.78, 5) is 16.9. The van der Waals surface area contributed by atoms with Gasteiger partial charge in [0.05, 0.1) is 6.54 Å². The van der Waals surface area contributed by atoms with Crippen LogP contribution in [0.25, 0.3) is 0 Å². The minimum absolute atomic E-state index is 0.164. The van der Waals surface area contributed by atoms with Crippen molar-refractivity contribution in [1.82, 2.24) is 15.5 Å². The SMILES string of the molecule is C[C@H]1CNCCN1CC(=O)NCC1CCN(c2ccccc2)C1. The lowest BCUT2D eigenvalue weighted by atomic mass is 10.1. The number of carbonyl (C=O) groups excluding carboxylic acids is 1. The van der Waals surface area contributed by atoms with Crippen molar-refractivity contribution in [3.8, 4) is 0 Å². The lowest BCUT2D eigenvalue weighted by Gasteiger charge is -2.33. The number of amides is 1. The van der Waals surface area contributed by atoms with Gasteiger partial charge in [-0.15, -0.1) is 0 Å². The van der Waals surface area contributed by atoms with Crippen LogP contribution < -0.4 is 15.5 Å². The normalized spacial score (nSPS) is 25.5. The van der Waals surface area contributed by atoms with Crippen molar-refractivity contribution < 1.29 is 4.79 Å². The van der Waals surface area contributed by atoms with E-state index in [4.69, 9.17) is 0 Å². The highest BCUT2D eigenvalue weighted by Gasteiger charge is 2.24. The second-order valence-electron chi connectivity index (χ2n) is 6.76. The topological polar surface area (TPSA) is 47.6 Å². The third-order valence-electron chi connectivity index (χ3n) is 4.98. The summed E-state index contributed by atoms with van der Waals surface area (Å²) < 4.78 is 0. The van der Waals surface area contributed by atoms with Crippen molar-refractivity contribution in [3.63, 3.8) is 0 Å². The zero-order valence-electron chi connectivity index (χ0n) is 14.0. The Kier molecular flexibility index (Phi) is 5.51. The molecule has 1 amide bonds. The largest absolute Gasteiger partial charge is 0.371 e. The first-order chi connectivity index (χ1) is 11.2. The predicted octanol–water partition coefficient (Wildman–Crippen LogP) is 0.923. The Morgan fingerprint density at radius 3 is 2.91 bits per heavy atom. The zero-order valence-corrected chi connectivity index (χ0v) is 14.0. The predicted molar refractivity (Wildman–Crippen MR) is 93.7 cm³/mol. The fraction of sp³-hybridized carbons (Fsp3) is 0.611. The Labute approximate surface area is 139 Å². The van der Waals surface area contributed by atoms with Gasteiger partial charge in [-0.3, -0.25) is 9.69 Å². The molecule has 2 fully saturated rings. The van der Waals surface area contributed by atoms with E-state index in [1.54, 1.807) is 0 Å². The van der Waals surface area contributed by atoms with Gasteiger partial charge in [0.2, 0.25) is 5.91 Å². The number of piperazine rings is 1. The molecule has 2 saturated heterocycles. The smallest absolute Gasteiger partial charge is 0.234 e. The van der Waals surface area contributed by atoms with Crippen molar-refractivity contribution in [3.05, 3.63) is 30.3 Å². The monoisotopic (exact) mass is 316 g/mol. The van der Waals surface area contributed by atoms with Gasteiger partial charge in [-0.2, -0.15) is 0 Å². The molecule has 2 aliphatic rings. The molecule has 2 N–H and O–H groups in total. The molecule has 126 valence electrons. The van der Waals surface area contributed by atoms with Crippen molar-refractivity contribution in [2.24, 2.45) is 5.92 Å². The summed E-state index contributed by atoms with van der Waals surface area (Å²) in [5, 5.41) is 6.49. The number of benzene rings is 1. The second-order valence-corrected chi connectivity index (χ2v) is 6.76. The highest BCUT2D eigenvalue weighted by atomic mass is 16.2. The molecule has 0 aliphatic carbocycles. The molecular weight excluding hydrogens is 288 g/mol. The van der Waals surface area contributed by atoms with E-state index in [-0.39, 0.29) is 5.91 Å². The first-order valence-corrected chi connectivity index (χ1v) is 8.74. The van der Waals surface area contributed by atoms with Crippen molar-refractivity contribution in [2.45, 2.75) is 19.4 Å². The van der Waals surface area contributed by atoms with Gasteiger partial charge in [-0.25, -0.2) is 0 Å². The Morgan fingerprint density at radius 1 is 1.30 bits per heavy atom. The second kappa shape index (κ2) is 7.79. The molecule has 2 atom stereocenters. The van der Waals surface area contributed by atoms with Gasteiger partial charge < -0.3 is 15.5 Å². The zero-order chi connectivity index (χ0) is 16.1. The van der Waals surface area contributed by atoms with Crippen LogP contribution in [0.3, 0.4) is 0 Å². The first kappa shape index (κ1) is 16.3. The molecule has 1 aromatic rings. The van der Waals surface area contributed by atoms with Crippen LogP contribution in [0.4, 0.5) is 5.69 Å². The van der Waals surface area contributed by atoms with E-state index in [9.17, 15) is 4.79 Å². The molecule has 1 aromatic carbocycles. The maximum atomic E-state index is 12.2. The van der Waals surface area contributed by atoms with E-state index < -0.39 is 0 Å². The van der Waals surface area contributed by atoms with Crippen LogP contribution in [-0.4, -0.2) is 62.7 Å². The van der Waals surface area contributed by atoms with Gasteiger partial charge in [0.1, 0.15) is 0 Å². The minimum Gasteiger partial charge on any atom is -0.371 e. The van der Waals surface area contributed by atoms with Gasteiger partial charge in [-0.1, -0.05) is 18.2 Å². The molecule has 3 rings (SSSR count). The van der Waals surface area contributed by atoms with Crippen LogP contribution in [0.5, 0.6) is 0 Å². The van der Waals surface area contributed by atoms with E-state index in [1.807, 2.05) is 6.07 Å². The van der Waals surface area contributed by atoms with Gasteiger partial charge in [-0.05, 0) is 31.4 Å². The molecule has 0 bridgehead atoms. The quantitative estimate of drug-likeness (QED) is 0.848. The van der Waals surface area contributed by atoms with E-state index in [1.165, 1.54) is 5.69 Å². The summed E-state index contributed by atoms with van der Waals surface area (Å²) in [7, 11) is 0. The first-order valence-electron chi connectivity index (χ1n) is 8.74. The standard InChI is InChI=1S/C18H28N4O/c1-15-11-19-8-10-21(15)14-18(23)20-12-16-7-9-22(13-16)17-5-3-2-4-6-17/h2-6,15-16,19H,7-14H2,1H3,(H,20,23)/t15-,16?/m0/s1. The number of nitrogens with one attached hydrogen (secondary N) is 2. The number of carbonyl (C=O) groups is 1. The van der Waals surface area contributed by atoms with Crippen LogP contribution in [0.15, 0.2) is 30.3 Å². The van der Waals surface area contributed by atoms with Gasteiger partial charge in [0.25, 0.3) is 0 Å². The fourth-order valence-electron chi connectivity index (χ4n) is 3.49. The number of nitrogens with zero attached hydrogens (tertiary/aromatic N) is 2. The molecule has 0 radical (unpaired) electrons. The minimum atomic E-state index is 0.164. The van der Waals surface area contributed by atoms with E-state index >= 15 is 0 Å². The maximum Gasteiger partial charge on any atom is 0.234 e. The third kappa shape index (κ3) is 4.45. The van der Waals surface area contributed by atoms with Crippen LogP contribution in [-0.2, 0) is 4.79 Å². The summed E-state index contributed by atoms with van der Waals surface area (Å²) in [6.45, 7) is 8.52.